The predicted molar refractivity (Wildman–Crippen MR) is 93.2 cm³/mol. The molecule has 0 saturated carbocycles. The van der Waals surface area contributed by atoms with E-state index in [0.717, 1.165) is 22.4 Å². The Balaban J connectivity index is 2.00. The number of nitrogens with zero attached hydrogens (tertiary/aromatic N) is 1. The molecule has 0 aliphatic carbocycles. The number of hydrogen-bond acceptors (Lipinski definition) is 4. The van der Waals surface area contributed by atoms with Gasteiger partial charge in [-0.05, 0) is 43.7 Å². The van der Waals surface area contributed by atoms with Gasteiger partial charge in [-0.15, -0.1) is 0 Å². The highest BCUT2D eigenvalue weighted by Gasteiger charge is 2.29. The number of carbonyl (C=O) groups is 1. The summed E-state index contributed by atoms with van der Waals surface area (Å²) < 4.78 is 43.7. The first kappa shape index (κ1) is 19.0. The normalized spacial score (nSPS) is 12.6. The van der Waals surface area contributed by atoms with Gasteiger partial charge in [-0.2, -0.15) is 0 Å². The summed E-state index contributed by atoms with van der Waals surface area (Å²) in [7, 11) is -3.75. The molecule has 0 aliphatic heterocycles. The van der Waals surface area contributed by atoms with Gasteiger partial charge in [0.05, 0.1) is 18.2 Å². The van der Waals surface area contributed by atoms with Crippen LogP contribution in [-0.2, 0) is 21.2 Å². The molecule has 0 bridgehead atoms. The molecule has 1 aromatic carbocycles. The first-order valence-electron chi connectivity index (χ1n) is 7.84. The first-order valence-corrected chi connectivity index (χ1v) is 9.69. The molecule has 2 aromatic rings. The lowest BCUT2D eigenvalue weighted by Gasteiger charge is -2.28. The summed E-state index contributed by atoms with van der Waals surface area (Å²) in [6, 6.07) is 7.78. The molecule has 1 unspecified atom stereocenters. The molecule has 0 saturated heterocycles. The summed E-state index contributed by atoms with van der Waals surface area (Å²) >= 11 is 0. The third-order valence-electron chi connectivity index (χ3n) is 3.63. The Hall–Kier alpha value is -2.35. The van der Waals surface area contributed by atoms with Gasteiger partial charge >= 0.3 is 0 Å². The summed E-state index contributed by atoms with van der Waals surface area (Å²) in [6.07, 6.45) is 3.89. The van der Waals surface area contributed by atoms with Crippen molar-refractivity contribution in [3.63, 3.8) is 0 Å². The monoisotopic (exact) mass is 368 g/mol. The molecule has 0 aliphatic rings. The smallest absolute Gasteiger partial charge is 0.243 e. The van der Waals surface area contributed by atoms with Gasteiger partial charge in [-0.25, -0.2) is 12.8 Å². The lowest BCUT2D eigenvalue weighted by atomic mass is 10.2. The number of sulfonamides is 1. The van der Waals surface area contributed by atoms with Crippen molar-refractivity contribution in [2.75, 3.05) is 17.1 Å². The van der Waals surface area contributed by atoms with Crippen molar-refractivity contribution >= 4 is 21.6 Å². The summed E-state index contributed by atoms with van der Waals surface area (Å²) in [6.45, 7) is 1.85. The molecule has 1 aromatic heterocycles. The van der Waals surface area contributed by atoms with E-state index < -0.39 is 27.8 Å². The fourth-order valence-corrected chi connectivity index (χ4v) is 3.67. The molecule has 1 amide bonds. The zero-order chi connectivity index (χ0) is 18.4. The van der Waals surface area contributed by atoms with Crippen LogP contribution >= 0.6 is 0 Å². The Bertz CT molecular complexity index is 806. The quantitative estimate of drug-likeness (QED) is 0.725. The van der Waals surface area contributed by atoms with E-state index in [1.807, 2.05) is 6.07 Å². The van der Waals surface area contributed by atoms with Crippen LogP contribution in [0.5, 0.6) is 0 Å². The second kappa shape index (κ2) is 8.15. The Kier molecular flexibility index (Phi) is 6.19. The minimum absolute atomic E-state index is 0.112. The largest absolute Gasteiger partial charge is 0.469 e. The SMILES string of the molecule is CC(C(=O)NCCCc1ccco1)N(c1cccc(F)c1)S(C)(=O)=O. The second-order valence-corrected chi connectivity index (χ2v) is 7.55. The van der Waals surface area contributed by atoms with Crippen LogP contribution < -0.4 is 9.62 Å². The first-order chi connectivity index (χ1) is 11.8. The zero-order valence-electron chi connectivity index (χ0n) is 14.1. The van der Waals surface area contributed by atoms with Crippen LogP contribution in [0.25, 0.3) is 0 Å². The van der Waals surface area contributed by atoms with Crippen LogP contribution in [0.3, 0.4) is 0 Å². The number of aryl methyl sites for hydroxylation is 1. The van der Waals surface area contributed by atoms with Crippen LogP contribution in [0.1, 0.15) is 19.1 Å². The van der Waals surface area contributed by atoms with Gasteiger partial charge in [0.15, 0.2) is 0 Å². The number of furan rings is 1. The number of carbonyl (C=O) groups excluding carboxylic acids is 1. The minimum atomic E-state index is -3.75. The Morgan fingerprint density at radius 2 is 2.08 bits per heavy atom. The van der Waals surface area contributed by atoms with E-state index >= 15 is 0 Å². The van der Waals surface area contributed by atoms with Gasteiger partial charge in [0.1, 0.15) is 17.6 Å². The van der Waals surface area contributed by atoms with Crippen LogP contribution in [0.15, 0.2) is 47.1 Å². The molecule has 8 heteroatoms. The summed E-state index contributed by atoms with van der Waals surface area (Å²) in [5.74, 6) is -0.203. The highest BCUT2D eigenvalue weighted by Crippen LogP contribution is 2.21. The van der Waals surface area contributed by atoms with Crippen LogP contribution in [0.4, 0.5) is 10.1 Å². The maximum absolute atomic E-state index is 13.4. The molecule has 0 spiro atoms. The van der Waals surface area contributed by atoms with Gasteiger partial charge in [0.25, 0.3) is 0 Å². The van der Waals surface area contributed by atoms with Crippen molar-refractivity contribution in [3.8, 4) is 0 Å². The Morgan fingerprint density at radius 3 is 2.68 bits per heavy atom. The van der Waals surface area contributed by atoms with Gasteiger partial charge in [-0.3, -0.25) is 9.10 Å². The second-order valence-electron chi connectivity index (χ2n) is 5.69. The van der Waals surface area contributed by atoms with Gasteiger partial charge in [-0.1, -0.05) is 6.07 Å². The van der Waals surface area contributed by atoms with E-state index in [0.29, 0.717) is 19.4 Å². The van der Waals surface area contributed by atoms with E-state index in [2.05, 4.69) is 5.32 Å². The molecule has 0 fully saturated rings. The fourth-order valence-electron chi connectivity index (χ4n) is 2.50. The lowest BCUT2D eigenvalue weighted by Crippen LogP contribution is -2.48. The minimum Gasteiger partial charge on any atom is -0.469 e. The van der Waals surface area contributed by atoms with Crippen molar-refractivity contribution < 1.29 is 22.0 Å². The molecular weight excluding hydrogens is 347 g/mol. The van der Waals surface area contributed by atoms with E-state index in [4.69, 9.17) is 4.42 Å². The van der Waals surface area contributed by atoms with Gasteiger partial charge in [0, 0.05) is 13.0 Å². The molecule has 136 valence electrons. The lowest BCUT2D eigenvalue weighted by molar-refractivity contribution is -0.121. The highest BCUT2D eigenvalue weighted by atomic mass is 32.2. The van der Waals surface area contributed by atoms with E-state index in [-0.39, 0.29) is 5.69 Å². The Labute approximate surface area is 146 Å². The summed E-state index contributed by atoms with van der Waals surface area (Å²) in [4.78, 5) is 12.3. The van der Waals surface area contributed by atoms with E-state index in [1.54, 1.807) is 12.3 Å². The van der Waals surface area contributed by atoms with Crippen molar-refractivity contribution in [1.82, 2.24) is 5.32 Å². The summed E-state index contributed by atoms with van der Waals surface area (Å²) in [5.41, 5.74) is 0.112. The number of rotatable bonds is 8. The maximum atomic E-state index is 13.4. The van der Waals surface area contributed by atoms with Crippen molar-refractivity contribution in [2.24, 2.45) is 0 Å². The van der Waals surface area contributed by atoms with Crippen molar-refractivity contribution in [1.29, 1.82) is 0 Å². The molecular formula is C17H21FN2O4S. The molecule has 1 atom stereocenters. The average Bonchev–Trinajstić information content (AvgIpc) is 3.03. The van der Waals surface area contributed by atoms with Crippen LogP contribution in [0, 0.1) is 5.82 Å². The third kappa shape index (κ3) is 5.32. The van der Waals surface area contributed by atoms with E-state index in [1.165, 1.54) is 25.1 Å². The summed E-state index contributed by atoms with van der Waals surface area (Å²) in [5, 5.41) is 2.70. The molecule has 1 heterocycles. The Morgan fingerprint density at radius 1 is 1.32 bits per heavy atom. The van der Waals surface area contributed by atoms with Crippen molar-refractivity contribution in [2.45, 2.75) is 25.8 Å². The third-order valence-corrected chi connectivity index (χ3v) is 4.87. The average molecular weight is 368 g/mol. The predicted octanol–water partition coefficient (Wildman–Crippen LogP) is 2.32. The van der Waals surface area contributed by atoms with E-state index in [9.17, 15) is 17.6 Å². The van der Waals surface area contributed by atoms with Gasteiger partial charge < -0.3 is 9.73 Å². The van der Waals surface area contributed by atoms with Crippen LogP contribution in [0.2, 0.25) is 0 Å². The van der Waals surface area contributed by atoms with Crippen molar-refractivity contribution in [3.05, 3.63) is 54.2 Å². The van der Waals surface area contributed by atoms with Gasteiger partial charge in [0.2, 0.25) is 15.9 Å². The number of halogens is 1. The number of anilines is 1. The molecule has 0 radical (unpaired) electrons. The molecule has 1 N–H and O–H groups in total. The molecule has 6 nitrogen and oxygen atoms in total. The zero-order valence-corrected chi connectivity index (χ0v) is 14.9. The molecule has 2 rings (SSSR count). The topological polar surface area (TPSA) is 79.6 Å². The highest BCUT2D eigenvalue weighted by molar-refractivity contribution is 7.92. The number of nitrogens with one attached hydrogen (secondary N) is 1. The number of amides is 1. The number of hydrogen-bond donors (Lipinski definition) is 1. The number of benzene rings is 1. The van der Waals surface area contributed by atoms with Crippen LogP contribution in [-0.4, -0.2) is 33.2 Å². The molecule has 25 heavy (non-hydrogen) atoms. The fraction of sp³-hybridized carbons (Fsp3) is 0.353. The standard InChI is InChI=1S/C17H21FN2O4S/c1-13(17(21)19-10-4-8-16-9-5-11-24-16)20(25(2,22)23)15-7-3-6-14(18)12-15/h3,5-7,9,11-13H,4,8,10H2,1-2H3,(H,19,21). The maximum Gasteiger partial charge on any atom is 0.243 e.